The minimum absolute atomic E-state index is 0.0937. The molecule has 4 N–H and O–H groups in total. The third-order valence-corrected chi connectivity index (χ3v) is 8.01. The van der Waals surface area contributed by atoms with Crippen LogP contribution in [0, 0.1) is 5.92 Å². The molecular weight excluding hydrogens is 532 g/mol. The Labute approximate surface area is 234 Å². The molecule has 0 atom stereocenters. The molecule has 0 bridgehead atoms. The highest BCUT2D eigenvalue weighted by Gasteiger charge is 2.28. The second kappa shape index (κ2) is 13.5. The Bertz CT molecular complexity index is 1360. The van der Waals surface area contributed by atoms with Gasteiger partial charge in [-0.25, -0.2) is 0 Å². The first-order chi connectivity index (χ1) is 19.1. The highest BCUT2D eigenvalue weighted by Crippen LogP contribution is 2.27. The smallest absolute Gasteiger partial charge is 0.230 e. The fourth-order valence-corrected chi connectivity index (χ4v) is 5.76. The van der Waals surface area contributed by atoms with Crippen LogP contribution in [0.3, 0.4) is 0 Å². The zero-order chi connectivity index (χ0) is 26.9. The van der Waals surface area contributed by atoms with Crippen LogP contribution in [-0.4, -0.2) is 44.8 Å². The molecule has 39 heavy (non-hydrogen) atoms. The maximum atomic E-state index is 12.2. The molecule has 0 unspecified atom stereocenters. The van der Waals surface area contributed by atoms with E-state index in [1.54, 1.807) is 0 Å². The van der Waals surface area contributed by atoms with Gasteiger partial charge in [-0.1, -0.05) is 83.3 Å². The summed E-state index contributed by atoms with van der Waals surface area (Å²) in [7, 11) is 0. The van der Waals surface area contributed by atoms with Gasteiger partial charge >= 0.3 is 0 Å². The van der Waals surface area contributed by atoms with E-state index >= 15 is 0 Å². The molecule has 1 aliphatic rings. The molecule has 0 spiro atoms. The van der Waals surface area contributed by atoms with Crippen LogP contribution in [0.1, 0.15) is 34.0 Å². The van der Waals surface area contributed by atoms with Crippen molar-refractivity contribution >= 4 is 44.8 Å². The van der Waals surface area contributed by atoms with E-state index in [9.17, 15) is 9.59 Å². The number of benzene rings is 2. The third-order valence-electron chi connectivity index (χ3n) is 6.33. The number of aromatic nitrogens is 4. The SMILES string of the molecule is O=C(Cc1ccccc1)Nc1nnc(CNCC2CC(NCc3nnc(NC(=O)Cc4ccccc4)s3)C2)s1. The first-order valence-electron chi connectivity index (χ1n) is 12.9. The molecular formula is C27H30N8O2S2. The topological polar surface area (TPSA) is 134 Å². The lowest BCUT2D eigenvalue weighted by Crippen LogP contribution is -2.44. The lowest BCUT2D eigenvalue weighted by atomic mass is 9.80. The Morgan fingerprint density at radius 3 is 1.77 bits per heavy atom. The number of nitrogens with zero attached hydrogens (tertiary/aromatic N) is 4. The number of rotatable bonds is 13. The van der Waals surface area contributed by atoms with Crippen molar-refractivity contribution in [3.8, 4) is 0 Å². The largest absolute Gasteiger partial charge is 0.310 e. The molecule has 1 fully saturated rings. The fourth-order valence-electron chi connectivity index (χ4n) is 4.32. The van der Waals surface area contributed by atoms with Gasteiger partial charge in [0, 0.05) is 12.6 Å². The molecule has 12 heteroatoms. The summed E-state index contributed by atoms with van der Waals surface area (Å²) in [5.41, 5.74) is 1.93. The minimum Gasteiger partial charge on any atom is -0.310 e. The van der Waals surface area contributed by atoms with E-state index in [2.05, 4.69) is 41.7 Å². The first-order valence-corrected chi connectivity index (χ1v) is 14.5. The number of carbonyl (C=O) groups excluding carboxylic acids is 2. The summed E-state index contributed by atoms with van der Waals surface area (Å²) in [4.78, 5) is 24.4. The molecule has 1 saturated carbocycles. The molecule has 2 amide bonds. The van der Waals surface area contributed by atoms with Crippen LogP contribution >= 0.6 is 22.7 Å². The van der Waals surface area contributed by atoms with Crippen LogP contribution in [0.25, 0.3) is 0 Å². The molecule has 0 aliphatic heterocycles. The third kappa shape index (κ3) is 8.45. The fraction of sp³-hybridized carbons (Fsp3) is 0.333. The van der Waals surface area contributed by atoms with E-state index in [1.807, 2.05) is 60.7 Å². The summed E-state index contributed by atoms with van der Waals surface area (Å²) >= 11 is 2.79. The van der Waals surface area contributed by atoms with Crippen LogP contribution in [0.4, 0.5) is 10.3 Å². The van der Waals surface area contributed by atoms with Crippen molar-refractivity contribution < 1.29 is 9.59 Å². The Kier molecular flexibility index (Phi) is 9.33. The van der Waals surface area contributed by atoms with E-state index in [0.717, 1.165) is 40.5 Å². The normalized spacial score (nSPS) is 16.4. The van der Waals surface area contributed by atoms with Crippen LogP contribution in [-0.2, 0) is 35.5 Å². The lowest BCUT2D eigenvalue weighted by Gasteiger charge is -2.36. The Balaban J connectivity index is 0.936. The second-order valence-corrected chi connectivity index (χ2v) is 11.6. The number of anilines is 2. The summed E-state index contributed by atoms with van der Waals surface area (Å²) < 4.78 is 0. The van der Waals surface area contributed by atoms with Gasteiger partial charge in [0.25, 0.3) is 0 Å². The van der Waals surface area contributed by atoms with Crippen molar-refractivity contribution in [2.45, 2.75) is 44.8 Å². The Morgan fingerprint density at radius 2 is 1.23 bits per heavy atom. The van der Waals surface area contributed by atoms with Gasteiger partial charge in [0.1, 0.15) is 10.0 Å². The number of carbonyl (C=O) groups is 2. The predicted octanol–water partition coefficient (Wildman–Crippen LogP) is 3.41. The molecule has 0 saturated heterocycles. The highest BCUT2D eigenvalue weighted by molar-refractivity contribution is 7.15. The first kappa shape index (κ1) is 27.0. The van der Waals surface area contributed by atoms with Gasteiger partial charge < -0.3 is 21.3 Å². The summed E-state index contributed by atoms with van der Waals surface area (Å²) in [5.74, 6) is 0.411. The van der Waals surface area contributed by atoms with E-state index in [4.69, 9.17) is 0 Å². The van der Waals surface area contributed by atoms with Gasteiger partial charge in [-0.05, 0) is 36.4 Å². The van der Waals surface area contributed by atoms with Gasteiger partial charge in [0.15, 0.2) is 0 Å². The molecule has 2 heterocycles. The van der Waals surface area contributed by atoms with Crippen LogP contribution in [0.15, 0.2) is 60.7 Å². The minimum atomic E-state index is -0.0950. The Morgan fingerprint density at radius 1 is 0.718 bits per heavy atom. The molecule has 0 radical (unpaired) electrons. The zero-order valence-corrected chi connectivity index (χ0v) is 22.9. The molecule has 4 aromatic rings. The maximum absolute atomic E-state index is 12.2. The monoisotopic (exact) mass is 562 g/mol. The summed E-state index contributed by atoms with van der Waals surface area (Å²) in [6.45, 7) is 2.18. The van der Waals surface area contributed by atoms with Crippen molar-refractivity contribution in [1.82, 2.24) is 31.0 Å². The average molecular weight is 563 g/mol. The van der Waals surface area contributed by atoms with E-state index in [0.29, 0.717) is 48.2 Å². The van der Waals surface area contributed by atoms with Crippen molar-refractivity contribution in [2.24, 2.45) is 5.92 Å². The zero-order valence-electron chi connectivity index (χ0n) is 21.3. The van der Waals surface area contributed by atoms with E-state index in [-0.39, 0.29) is 11.8 Å². The number of amides is 2. The number of hydrogen-bond acceptors (Lipinski definition) is 10. The van der Waals surface area contributed by atoms with Gasteiger partial charge in [0.05, 0.1) is 19.4 Å². The lowest BCUT2D eigenvalue weighted by molar-refractivity contribution is -0.116. The van der Waals surface area contributed by atoms with Crippen molar-refractivity contribution in [3.63, 3.8) is 0 Å². The summed E-state index contributed by atoms with van der Waals surface area (Å²) in [5, 5.41) is 31.9. The molecule has 10 nitrogen and oxygen atoms in total. The summed E-state index contributed by atoms with van der Waals surface area (Å²) in [6, 6.07) is 19.7. The van der Waals surface area contributed by atoms with Gasteiger partial charge in [-0.3, -0.25) is 9.59 Å². The van der Waals surface area contributed by atoms with Gasteiger partial charge in [0.2, 0.25) is 22.1 Å². The maximum Gasteiger partial charge on any atom is 0.230 e. The van der Waals surface area contributed by atoms with Crippen molar-refractivity contribution in [3.05, 3.63) is 81.8 Å². The standard InChI is InChI=1S/C27H30N8O2S2/c36-22(13-18-7-3-1-4-8-18)30-26-34-32-24(38-26)16-28-15-20-11-21(12-20)29-17-25-33-35-27(39-25)31-23(37)14-19-9-5-2-6-10-19/h1-10,20-21,28-29H,11-17H2,(H,30,34,36)(H,31,35,37). The number of hydrogen-bond donors (Lipinski definition) is 4. The van der Waals surface area contributed by atoms with E-state index < -0.39 is 0 Å². The predicted molar refractivity (Wildman–Crippen MR) is 152 cm³/mol. The van der Waals surface area contributed by atoms with Gasteiger partial charge in [-0.15, -0.1) is 20.4 Å². The highest BCUT2D eigenvalue weighted by atomic mass is 32.1. The molecule has 2 aromatic carbocycles. The molecule has 1 aliphatic carbocycles. The van der Waals surface area contributed by atoms with Gasteiger partial charge in [-0.2, -0.15) is 0 Å². The number of nitrogens with one attached hydrogen (secondary N) is 4. The van der Waals surface area contributed by atoms with Crippen molar-refractivity contribution in [1.29, 1.82) is 0 Å². The van der Waals surface area contributed by atoms with Crippen molar-refractivity contribution in [2.75, 3.05) is 17.2 Å². The Hall–Kier alpha value is -3.58. The van der Waals surface area contributed by atoms with Crippen LogP contribution < -0.4 is 21.3 Å². The molecule has 5 rings (SSSR count). The van der Waals surface area contributed by atoms with Crippen LogP contribution in [0.5, 0.6) is 0 Å². The molecule has 2 aromatic heterocycles. The quantitative estimate of drug-likeness (QED) is 0.195. The second-order valence-electron chi connectivity index (χ2n) is 9.47. The summed E-state index contributed by atoms with van der Waals surface area (Å²) in [6.07, 6.45) is 2.81. The van der Waals surface area contributed by atoms with E-state index in [1.165, 1.54) is 22.7 Å². The molecule has 202 valence electrons. The average Bonchev–Trinajstić information content (AvgIpc) is 3.55. The van der Waals surface area contributed by atoms with Crippen LogP contribution in [0.2, 0.25) is 0 Å².